The molecule has 1 saturated heterocycles. The van der Waals surface area contributed by atoms with Crippen molar-refractivity contribution in [3.05, 3.63) is 40.9 Å². The molecule has 3 rings (SSSR count). The molecular weight excluding hydrogens is 344 g/mol. The van der Waals surface area contributed by atoms with Crippen molar-refractivity contribution in [3.63, 3.8) is 0 Å². The number of aromatic nitrogens is 1. The molecule has 1 aliphatic rings. The Balaban J connectivity index is 2.01. The minimum absolute atomic E-state index is 0.246. The minimum atomic E-state index is -1.29. The summed E-state index contributed by atoms with van der Waals surface area (Å²) in [6.07, 6.45) is 3.95. The van der Waals surface area contributed by atoms with Crippen LogP contribution in [0, 0.1) is 0 Å². The molecule has 0 unspecified atom stereocenters. The van der Waals surface area contributed by atoms with Gasteiger partial charge in [0.2, 0.25) is 0 Å². The molecule has 5 nitrogen and oxygen atoms in total. The number of thiocarbonyl (C=S) groups is 1. The quantitative estimate of drug-likeness (QED) is 0.616. The molecule has 0 spiro atoms. The summed E-state index contributed by atoms with van der Waals surface area (Å²) >= 11 is 6.33. The lowest BCUT2D eigenvalue weighted by Gasteiger charge is -2.26. The fourth-order valence-electron chi connectivity index (χ4n) is 2.83. The smallest absolute Gasteiger partial charge is 0.266 e. The van der Waals surface area contributed by atoms with Crippen molar-refractivity contribution in [3.8, 4) is 0 Å². The van der Waals surface area contributed by atoms with Crippen molar-refractivity contribution >= 4 is 57.2 Å². The Labute approximate surface area is 148 Å². The summed E-state index contributed by atoms with van der Waals surface area (Å²) in [7, 11) is 1.94. The molecule has 0 saturated carbocycles. The third kappa shape index (κ3) is 2.74. The number of thioether (sulfide) groups is 1. The van der Waals surface area contributed by atoms with E-state index >= 15 is 0 Å². The van der Waals surface area contributed by atoms with Gasteiger partial charge < -0.3 is 14.5 Å². The lowest BCUT2D eigenvalue weighted by atomic mass is 10.1. The minimum Gasteiger partial charge on any atom is -0.548 e. The van der Waals surface area contributed by atoms with E-state index in [0.717, 1.165) is 33.1 Å². The van der Waals surface area contributed by atoms with Crippen LogP contribution < -0.4 is 5.11 Å². The molecule has 24 heavy (non-hydrogen) atoms. The number of hydrogen-bond donors (Lipinski definition) is 0. The lowest BCUT2D eigenvalue weighted by molar-refractivity contribution is -0.310. The topological polar surface area (TPSA) is 65.4 Å². The second kappa shape index (κ2) is 6.41. The van der Waals surface area contributed by atoms with E-state index in [1.807, 2.05) is 42.1 Å². The van der Waals surface area contributed by atoms with E-state index in [1.54, 1.807) is 13.0 Å². The van der Waals surface area contributed by atoms with Gasteiger partial charge in [-0.15, -0.1) is 0 Å². The molecule has 1 aromatic heterocycles. The van der Waals surface area contributed by atoms with Gasteiger partial charge in [-0.05, 0) is 18.6 Å². The van der Waals surface area contributed by atoms with Crippen LogP contribution in [0.5, 0.6) is 0 Å². The Morgan fingerprint density at radius 1 is 1.42 bits per heavy atom. The molecule has 1 atom stereocenters. The molecule has 0 radical (unpaired) electrons. The molecule has 2 aromatic rings. The van der Waals surface area contributed by atoms with Crippen molar-refractivity contribution in [2.24, 2.45) is 7.05 Å². The molecule has 1 aliphatic heterocycles. The number of benzene rings is 1. The highest BCUT2D eigenvalue weighted by Crippen LogP contribution is 2.35. The van der Waals surface area contributed by atoms with E-state index < -0.39 is 12.0 Å². The molecular formula is C17H15N2O3S2-. The first-order valence-corrected chi connectivity index (χ1v) is 8.68. The van der Waals surface area contributed by atoms with Crippen molar-refractivity contribution in [2.75, 3.05) is 0 Å². The summed E-state index contributed by atoms with van der Waals surface area (Å²) in [4.78, 5) is 25.4. The summed E-state index contributed by atoms with van der Waals surface area (Å²) in [5.74, 6) is -1.67. The number of nitrogens with zero attached hydrogens (tertiary/aromatic N) is 2. The average molecular weight is 359 g/mol. The fraction of sp³-hybridized carbons (Fsp3) is 0.235. The summed E-state index contributed by atoms with van der Waals surface area (Å²) in [5.41, 5.74) is 1.95. The monoisotopic (exact) mass is 359 g/mol. The molecule has 0 N–H and O–H groups in total. The summed E-state index contributed by atoms with van der Waals surface area (Å²) < 4.78 is 2.24. The van der Waals surface area contributed by atoms with Gasteiger partial charge in [0, 0.05) is 29.7 Å². The Kier molecular flexibility index (Phi) is 4.47. The fourth-order valence-corrected chi connectivity index (χ4v) is 4.18. The number of aliphatic carboxylic acids is 1. The maximum absolute atomic E-state index is 12.6. The van der Waals surface area contributed by atoms with Gasteiger partial charge in [-0.2, -0.15) is 0 Å². The van der Waals surface area contributed by atoms with Crippen molar-refractivity contribution < 1.29 is 14.7 Å². The Morgan fingerprint density at radius 3 is 2.79 bits per heavy atom. The number of carboxylic acids is 1. The number of hydrogen-bond acceptors (Lipinski definition) is 5. The molecule has 1 amide bonds. The average Bonchev–Trinajstić information content (AvgIpc) is 3.00. The van der Waals surface area contributed by atoms with Gasteiger partial charge in [-0.3, -0.25) is 9.69 Å². The van der Waals surface area contributed by atoms with E-state index in [1.165, 1.54) is 0 Å². The molecule has 1 fully saturated rings. The second-order valence-electron chi connectivity index (χ2n) is 5.51. The number of amides is 1. The summed E-state index contributed by atoms with van der Waals surface area (Å²) in [5, 5.41) is 12.3. The predicted molar refractivity (Wildman–Crippen MR) is 97.0 cm³/mol. The lowest BCUT2D eigenvalue weighted by Crippen LogP contribution is -2.49. The van der Waals surface area contributed by atoms with Crippen molar-refractivity contribution in [1.29, 1.82) is 0 Å². The molecule has 2 heterocycles. The van der Waals surface area contributed by atoms with Crippen LogP contribution in [-0.2, 0) is 16.6 Å². The number of para-hydroxylation sites is 1. The van der Waals surface area contributed by atoms with Crippen LogP contribution in [0.1, 0.15) is 18.9 Å². The number of carboxylic acid groups (broad SMARTS) is 1. The molecule has 7 heteroatoms. The van der Waals surface area contributed by atoms with Crippen LogP contribution in [0.15, 0.2) is 35.4 Å². The highest BCUT2D eigenvalue weighted by Gasteiger charge is 2.37. The first-order chi connectivity index (χ1) is 11.4. The van der Waals surface area contributed by atoms with Crippen LogP contribution in [0.4, 0.5) is 0 Å². The van der Waals surface area contributed by atoms with Crippen molar-refractivity contribution in [2.45, 2.75) is 19.4 Å². The van der Waals surface area contributed by atoms with Gasteiger partial charge in [0.15, 0.2) is 0 Å². The van der Waals surface area contributed by atoms with Gasteiger partial charge in [-0.25, -0.2) is 0 Å². The SMILES string of the molecule is CC[C@H](C(=O)[O-])N1C(=O)/C(=C/c2cn(C)c3ccccc23)SC1=S. The van der Waals surface area contributed by atoms with E-state index in [0.29, 0.717) is 4.91 Å². The van der Waals surface area contributed by atoms with Gasteiger partial charge in [-0.1, -0.05) is 49.1 Å². The molecule has 0 aliphatic carbocycles. The molecule has 1 aromatic carbocycles. The van der Waals surface area contributed by atoms with E-state index in [2.05, 4.69) is 0 Å². The maximum atomic E-state index is 12.6. The number of fused-ring (bicyclic) bond motifs is 1. The number of carbonyl (C=O) groups is 2. The molecule has 0 bridgehead atoms. The zero-order valence-corrected chi connectivity index (χ0v) is 14.8. The first kappa shape index (κ1) is 16.7. The Bertz CT molecular complexity index is 885. The van der Waals surface area contributed by atoms with Crippen LogP contribution in [0.25, 0.3) is 17.0 Å². The number of carbonyl (C=O) groups excluding carboxylic acids is 2. The normalized spacial score (nSPS) is 17.9. The largest absolute Gasteiger partial charge is 0.548 e. The first-order valence-electron chi connectivity index (χ1n) is 7.46. The van der Waals surface area contributed by atoms with E-state index in [4.69, 9.17) is 12.2 Å². The van der Waals surface area contributed by atoms with Crippen LogP contribution >= 0.6 is 24.0 Å². The van der Waals surface area contributed by atoms with E-state index in [-0.39, 0.29) is 16.6 Å². The van der Waals surface area contributed by atoms with Crippen molar-refractivity contribution in [1.82, 2.24) is 9.47 Å². The van der Waals surface area contributed by atoms with Gasteiger partial charge in [0.25, 0.3) is 5.91 Å². The zero-order valence-electron chi connectivity index (χ0n) is 13.2. The summed E-state index contributed by atoms with van der Waals surface area (Å²) in [6.45, 7) is 1.69. The Hall–Kier alpha value is -2.12. The van der Waals surface area contributed by atoms with Crippen LogP contribution in [-0.4, -0.2) is 31.7 Å². The van der Waals surface area contributed by atoms with E-state index in [9.17, 15) is 14.7 Å². The zero-order chi connectivity index (χ0) is 17.4. The second-order valence-corrected chi connectivity index (χ2v) is 7.18. The number of rotatable bonds is 4. The highest BCUT2D eigenvalue weighted by molar-refractivity contribution is 8.26. The van der Waals surface area contributed by atoms with Gasteiger partial charge >= 0.3 is 0 Å². The van der Waals surface area contributed by atoms with Crippen LogP contribution in [0.2, 0.25) is 0 Å². The summed E-state index contributed by atoms with van der Waals surface area (Å²) in [6, 6.07) is 6.85. The maximum Gasteiger partial charge on any atom is 0.266 e. The molecule has 124 valence electrons. The highest BCUT2D eigenvalue weighted by atomic mass is 32.2. The Morgan fingerprint density at radius 2 is 2.12 bits per heavy atom. The number of aryl methyl sites for hydroxylation is 1. The van der Waals surface area contributed by atoms with Crippen LogP contribution in [0.3, 0.4) is 0 Å². The standard InChI is InChI=1S/C17H16N2O3S2/c1-3-12(16(21)22)19-15(20)14(24-17(19)23)8-10-9-18(2)13-7-5-4-6-11(10)13/h4-9,12H,3H2,1-2H3,(H,21,22)/p-1/b14-8-/t12-/m1/s1. The predicted octanol–water partition coefficient (Wildman–Crippen LogP) is 1.91. The van der Waals surface area contributed by atoms with Gasteiger partial charge in [0.05, 0.1) is 16.9 Å². The third-order valence-corrected chi connectivity index (χ3v) is 5.34. The van der Waals surface area contributed by atoms with Gasteiger partial charge in [0.1, 0.15) is 4.32 Å². The third-order valence-electron chi connectivity index (χ3n) is 4.01.